The quantitative estimate of drug-likeness (QED) is 0.829. The van der Waals surface area contributed by atoms with Crippen LogP contribution in [0.4, 0.5) is 10.1 Å². The van der Waals surface area contributed by atoms with Gasteiger partial charge in [-0.15, -0.1) is 0 Å². The molecule has 2 rings (SSSR count). The predicted octanol–water partition coefficient (Wildman–Crippen LogP) is 3.70. The number of rotatable bonds is 2. The molecule has 1 aliphatic rings. The van der Waals surface area contributed by atoms with E-state index in [0.29, 0.717) is 27.6 Å². The van der Waals surface area contributed by atoms with Gasteiger partial charge in [0.25, 0.3) is 0 Å². The van der Waals surface area contributed by atoms with Crippen LogP contribution in [0.25, 0.3) is 0 Å². The molecule has 2 atom stereocenters. The summed E-state index contributed by atoms with van der Waals surface area (Å²) >= 11 is 8.17. The SMILES string of the molecule is CC1CC(C)CN(c2ccc(C(N)=S)c(Br)c2F)C1. The van der Waals surface area contributed by atoms with Crippen LogP contribution in [0.5, 0.6) is 0 Å². The van der Waals surface area contributed by atoms with Crippen LogP contribution in [0.2, 0.25) is 0 Å². The topological polar surface area (TPSA) is 29.3 Å². The first-order valence-corrected chi connectivity index (χ1v) is 7.63. The summed E-state index contributed by atoms with van der Waals surface area (Å²) in [6.07, 6.45) is 1.20. The highest BCUT2D eigenvalue weighted by molar-refractivity contribution is 9.10. The second-order valence-electron chi connectivity index (χ2n) is 5.48. The number of thiocarbonyl (C=S) groups is 1. The van der Waals surface area contributed by atoms with Crippen molar-refractivity contribution in [3.63, 3.8) is 0 Å². The Bertz CT molecular complexity index is 496. The molecule has 0 aliphatic carbocycles. The Morgan fingerprint density at radius 3 is 2.47 bits per heavy atom. The number of anilines is 1. The molecule has 1 aromatic rings. The van der Waals surface area contributed by atoms with Crippen LogP contribution < -0.4 is 10.6 Å². The minimum Gasteiger partial charge on any atom is -0.389 e. The molecule has 2 unspecified atom stereocenters. The molecule has 2 nitrogen and oxygen atoms in total. The lowest BCUT2D eigenvalue weighted by atomic mass is 9.91. The van der Waals surface area contributed by atoms with Crippen LogP contribution in [-0.4, -0.2) is 18.1 Å². The lowest BCUT2D eigenvalue weighted by molar-refractivity contribution is 0.354. The summed E-state index contributed by atoms with van der Waals surface area (Å²) in [5, 5.41) is 0. The second kappa shape index (κ2) is 5.75. The van der Waals surface area contributed by atoms with Crippen LogP contribution in [0.15, 0.2) is 16.6 Å². The summed E-state index contributed by atoms with van der Waals surface area (Å²) in [7, 11) is 0. The maximum atomic E-state index is 14.5. The molecule has 0 saturated carbocycles. The molecular weight excluding hydrogens is 327 g/mol. The molecule has 5 heteroatoms. The van der Waals surface area contributed by atoms with Gasteiger partial charge in [-0.3, -0.25) is 0 Å². The van der Waals surface area contributed by atoms with Gasteiger partial charge < -0.3 is 10.6 Å². The van der Waals surface area contributed by atoms with E-state index in [-0.39, 0.29) is 10.8 Å². The first kappa shape index (κ1) is 14.7. The zero-order chi connectivity index (χ0) is 14.2. The minimum absolute atomic E-state index is 0.206. The molecule has 19 heavy (non-hydrogen) atoms. The van der Waals surface area contributed by atoms with Crippen molar-refractivity contribution >= 4 is 38.8 Å². The molecule has 0 spiro atoms. The smallest absolute Gasteiger partial charge is 0.161 e. The average Bonchev–Trinajstić information content (AvgIpc) is 2.30. The zero-order valence-corrected chi connectivity index (χ0v) is 13.5. The minimum atomic E-state index is -0.272. The Labute approximate surface area is 127 Å². The first-order valence-electron chi connectivity index (χ1n) is 6.43. The predicted molar refractivity (Wildman–Crippen MR) is 85.1 cm³/mol. The number of piperidine rings is 1. The highest BCUT2D eigenvalue weighted by Crippen LogP contribution is 2.33. The molecule has 1 aliphatic heterocycles. The van der Waals surface area contributed by atoms with Gasteiger partial charge in [-0.25, -0.2) is 4.39 Å². The van der Waals surface area contributed by atoms with E-state index in [9.17, 15) is 4.39 Å². The van der Waals surface area contributed by atoms with Crippen molar-refractivity contribution in [1.82, 2.24) is 0 Å². The lowest BCUT2D eigenvalue weighted by Crippen LogP contribution is -2.39. The summed E-state index contributed by atoms with van der Waals surface area (Å²) < 4.78 is 14.8. The summed E-state index contributed by atoms with van der Waals surface area (Å²) in [4.78, 5) is 2.32. The average molecular weight is 345 g/mol. The van der Waals surface area contributed by atoms with E-state index in [1.807, 2.05) is 0 Å². The highest BCUT2D eigenvalue weighted by Gasteiger charge is 2.25. The van der Waals surface area contributed by atoms with Gasteiger partial charge in [0.1, 0.15) is 4.99 Å². The van der Waals surface area contributed by atoms with Crippen molar-refractivity contribution in [1.29, 1.82) is 0 Å². The van der Waals surface area contributed by atoms with Crippen molar-refractivity contribution in [2.24, 2.45) is 17.6 Å². The Hall–Kier alpha value is -0.680. The monoisotopic (exact) mass is 344 g/mol. The van der Waals surface area contributed by atoms with Crippen LogP contribution in [0.3, 0.4) is 0 Å². The fraction of sp³-hybridized carbons (Fsp3) is 0.500. The molecule has 2 N–H and O–H groups in total. The van der Waals surface area contributed by atoms with Crippen LogP contribution in [-0.2, 0) is 0 Å². The van der Waals surface area contributed by atoms with Gasteiger partial charge in [0.15, 0.2) is 5.82 Å². The van der Waals surface area contributed by atoms with Crippen LogP contribution in [0.1, 0.15) is 25.8 Å². The van der Waals surface area contributed by atoms with Gasteiger partial charge >= 0.3 is 0 Å². The molecule has 104 valence electrons. The van der Waals surface area contributed by atoms with E-state index in [2.05, 4.69) is 34.7 Å². The molecule has 1 saturated heterocycles. The molecule has 1 fully saturated rings. The summed E-state index contributed by atoms with van der Waals surface area (Å²) in [6.45, 7) is 6.19. The van der Waals surface area contributed by atoms with Crippen molar-refractivity contribution in [2.45, 2.75) is 20.3 Å². The number of benzene rings is 1. The van der Waals surface area contributed by atoms with Crippen LogP contribution in [0, 0.1) is 17.7 Å². The van der Waals surface area contributed by atoms with Gasteiger partial charge in [0.05, 0.1) is 10.2 Å². The number of halogens is 2. The Morgan fingerprint density at radius 2 is 1.95 bits per heavy atom. The van der Waals surface area contributed by atoms with E-state index < -0.39 is 0 Å². The molecule has 0 aromatic heterocycles. The van der Waals surface area contributed by atoms with Crippen molar-refractivity contribution < 1.29 is 4.39 Å². The van der Waals surface area contributed by atoms with Crippen molar-refractivity contribution in [3.8, 4) is 0 Å². The standard InChI is InChI=1S/C14H18BrFN2S/c1-8-5-9(2)7-18(6-8)11-4-3-10(14(17)19)12(15)13(11)16/h3-4,8-9H,5-7H2,1-2H3,(H2,17,19). The van der Waals surface area contributed by atoms with Gasteiger partial charge in [0, 0.05) is 18.7 Å². The number of nitrogens with two attached hydrogens (primary N) is 1. The molecular formula is C14H18BrFN2S. The third-order valence-electron chi connectivity index (χ3n) is 3.54. The van der Waals surface area contributed by atoms with E-state index in [1.54, 1.807) is 12.1 Å². The van der Waals surface area contributed by atoms with Crippen molar-refractivity contribution in [3.05, 3.63) is 28.0 Å². The fourth-order valence-corrected chi connectivity index (χ4v) is 3.68. The van der Waals surface area contributed by atoms with E-state index >= 15 is 0 Å². The molecule has 0 radical (unpaired) electrons. The van der Waals surface area contributed by atoms with Gasteiger partial charge in [-0.1, -0.05) is 26.1 Å². The van der Waals surface area contributed by atoms with E-state index in [1.165, 1.54) is 6.42 Å². The van der Waals surface area contributed by atoms with E-state index in [4.69, 9.17) is 18.0 Å². The number of nitrogens with zero attached hydrogens (tertiary/aromatic N) is 1. The summed E-state index contributed by atoms with van der Waals surface area (Å²) in [6, 6.07) is 3.56. The molecule has 0 bridgehead atoms. The van der Waals surface area contributed by atoms with E-state index in [0.717, 1.165) is 13.1 Å². The highest BCUT2D eigenvalue weighted by atomic mass is 79.9. The van der Waals surface area contributed by atoms with Gasteiger partial charge in [-0.05, 0) is 46.3 Å². The number of hydrogen-bond acceptors (Lipinski definition) is 2. The lowest BCUT2D eigenvalue weighted by Gasteiger charge is -2.37. The second-order valence-corrected chi connectivity index (χ2v) is 6.71. The first-order chi connectivity index (χ1) is 8.90. The summed E-state index contributed by atoms with van der Waals surface area (Å²) in [5.74, 6) is 0.890. The maximum Gasteiger partial charge on any atom is 0.161 e. The zero-order valence-electron chi connectivity index (χ0n) is 11.1. The molecule has 1 aromatic carbocycles. The van der Waals surface area contributed by atoms with Gasteiger partial charge in [0.2, 0.25) is 0 Å². The fourth-order valence-electron chi connectivity index (χ4n) is 2.83. The molecule has 0 amide bonds. The maximum absolute atomic E-state index is 14.5. The largest absolute Gasteiger partial charge is 0.389 e. The normalized spacial score (nSPS) is 23.5. The molecule has 1 heterocycles. The Balaban J connectivity index is 2.35. The summed E-state index contributed by atoms with van der Waals surface area (Å²) in [5.41, 5.74) is 6.76. The Morgan fingerprint density at radius 1 is 1.37 bits per heavy atom. The third-order valence-corrected chi connectivity index (χ3v) is 4.53. The van der Waals surface area contributed by atoms with Gasteiger partial charge in [-0.2, -0.15) is 0 Å². The Kier molecular flexibility index (Phi) is 4.46. The number of hydrogen-bond donors (Lipinski definition) is 1. The van der Waals surface area contributed by atoms with Crippen molar-refractivity contribution in [2.75, 3.05) is 18.0 Å². The van der Waals surface area contributed by atoms with Crippen LogP contribution >= 0.6 is 28.1 Å². The third kappa shape index (κ3) is 3.08.